The lowest BCUT2D eigenvalue weighted by atomic mass is 10.1. The van der Waals surface area contributed by atoms with Crippen LogP contribution in [0.15, 0.2) is 12.3 Å². The maximum Gasteiger partial charge on any atom is 0.217 e. The fraction of sp³-hybridized carbons (Fsp3) is 0.500. The first kappa shape index (κ1) is 13.1. The molecule has 0 aromatic carbocycles. The molecule has 1 fully saturated rings. The van der Waals surface area contributed by atoms with Crippen molar-refractivity contribution in [3.8, 4) is 0 Å². The van der Waals surface area contributed by atoms with Gasteiger partial charge in [-0.1, -0.05) is 0 Å². The molecule has 1 aliphatic rings. The standard InChI is InChI=1S/C14H19N5O/c1-9-6-13-17-8-11(7-16-10(2)20)14(19(13)18-9)12-4-3-5-15-12/h6,8,12,15H,3-5,7H2,1-2H3,(H,16,20)/t12-/m0/s1. The van der Waals surface area contributed by atoms with Gasteiger partial charge < -0.3 is 10.6 Å². The second-order valence-electron chi connectivity index (χ2n) is 5.28. The van der Waals surface area contributed by atoms with Crippen molar-refractivity contribution in [2.24, 2.45) is 0 Å². The molecule has 0 bridgehead atoms. The number of nitrogens with zero attached hydrogens (tertiary/aromatic N) is 3. The van der Waals surface area contributed by atoms with Gasteiger partial charge in [-0.05, 0) is 26.3 Å². The van der Waals surface area contributed by atoms with E-state index >= 15 is 0 Å². The highest BCUT2D eigenvalue weighted by Crippen LogP contribution is 2.26. The average Bonchev–Trinajstić information content (AvgIpc) is 3.03. The molecule has 20 heavy (non-hydrogen) atoms. The predicted molar refractivity (Wildman–Crippen MR) is 75.2 cm³/mol. The highest BCUT2D eigenvalue weighted by Gasteiger charge is 2.23. The van der Waals surface area contributed by atoms with Crippen LogP contribution in [0.4, 0.5) is 0 Å². The molecule has 2 aromatic rings. The van der Waals surface area contributed by atoms with Crippen LogP contribution >= 0.6 is 0 Å². The van der Waals surface area contributed by atoms with Crippen LogP contribution in [0.1, 0.15) is 42.8 Å². The lowest BCUT2D eigenvalue weighted by molar-refractivity contribution is -0.119. The monoisotopic (exact) mass is 273 g/mol. The zero-order valence-corrected chi connectivity index (χ0v) is 11.8. The van der Waals surface area contributed by atoms with Gasteiger partial charge in [-0.25, -0.2) is 9.50 Å². The Bertz CT molecular complexity index is 642. The number of amides is 1. The first-order valence-corrected chi connectivity index (χ1v) is 6.97. The van der Waals surface area contributed by atoms with Gasteiger partial charge in [-0.3, -0.25) is 4.79 Å². The van der Waals surface area contributed by atoms with Gasteiger partial charge in [0.15, 0.2) is 5.65 Å². The number of aromatic nitrogens is 3. The van der Waals surface area contributed by atoms with E-state index in [4.69, 9.17) is 0 Å². The van der Waals surface area contributed by atoms with Crippen molar-refractivity contribution in [3.05, 3.63) is 29.2 Å². The molecule has 1 atom stereocenters. The molecule has 6 nitrogen and oxygen atoms in total. The Kier molecular flexibility index (Phi) is 3.40. The van der Waals surface area contributed by atoms with Gasteiger partial charge in [0.05, 0.1) is 17.4 Å². The van der Waals surface area contributed by atoms with Gasteiger partial charge in [0, 0.05) is 31.3 Å². The third-order valence-corrected chi connectivity index (χ3v) is 3.64. The number of fused-ring (bicyclic) bond motifs is 1. The van der Waals surface area contributed by atoms with Gasteiger partial charge >= 0.3 is 0 Å². The second-order valence-corrected chi connectivity index (χ2v) is 5.28. The summed E-state index contributed by atoms with van der Waals surface area (Å²) >= 11 is 0. The van der Waals surface area contributed by atoms with Gasteiger partial charge in [0.2, 0.25) is 5.91 Å². The molecule has 0 aliphatic carbocycles. The number of aryl methyl sites for hydroxylation is 1. The van der Waals surface area contributed by atoms with Crippen molar-refractivity contribution in [2.75, 3.05) is 6.54 Å². The minimum atomic E-state index is -0.0351. The van der Waals surface area contributed by atoms with Crippen molar-refractivity contribution in [2.45, 2.75) is 39.3 Å². The summed E-state index contributed by atoms with van der Waals surface area (Å²) in [4.78, 5) is 15.6. The second kappa shape index (κ2) is 5.20. The normalized spacial score (nSPS) is 18.6. The van der Waals surface area contributed by atoms with Crippen LogP contribution < -0.4 is 10.6 Å². The lowest BCUT2D eigenvalue weighted by Gasteiger charge is -2.17. The Morgan fingerprint density at radius 3 is 3.15 bits per heavy atom. The van der Waals surface area contributed by atoms with Crippen molar-refractivity contribution >= 4 is 11.6 Å². The summed E-state index contributed by atoms with van der Waals surface area (Å²) in [5, 5.41) is 10.9. The number of nitrogens with one attached hydrogen (secondary N) is 2. The molecule has 0 spiro atoms. The van der Waals surface area contributed by atoms with E-state index < -0.39 is 0 Å². The summed E-state index contributed by atoms with van der Waals surface area (Å²) in [6, 6.07) is 2.25. The van der Waals surface area contributed by atoms with Crippen LogP contribution in [0.2, 0.25) is 0 Å². The van der Waals surface area contributed by atoms with Gasteiger partial charge in [-0.15, -0.1) is 0 Å². The topological polar surface area (TPSA) is 71.3 Å². The van der Waals surface area contributed by atoms with E-state index in [0.29, 0.717) is 6.54 Å². The Hall–Kier alpha value is -1.95. The smallest absolute Gasteiger partial charge is 0.217 e. The molecule has 0 unspecified atom stereocenters. The van der Waals surface area contributed by atoms with Crippen molar-refractivity contribution in [1.82, 2.24) is 25.2 Å². The third kappa shape index (κ3) is 2.38. The molecule has 2 N–H and O–H groups in total. The predicted octanol–water partition coefficient (Wildman–Crippen LogP) is 1.10. The van der Waals surface area contributed by atoms with Gasteiger partial charge in [0.25, 0.3) is 0 Å². The molecule has 2 aromatic heterocycles. The van der Waals surface area contributed by atoms with E-state index in [9.17, 15) is 4.79 Å². The minimum absolute atomic E-state index is 0.0351. The summed E-state index contributed by atoms with van der Waals surface area (Å²) in [6.45, 7) is 5.00. The largest absolute Gasteiger partial charge is 0.352 e. The van der Waals surface area contributed by atoms with Crippen molar-refractivity contribution in [1.29, 1.82) is 0 Å². The molecule has 0 radical (unpaired) electrons. The quantitative estimate of drug-likeness (QED) is 0.878. The Morgan fingerprint density at radius 2 is 2.45 bits per heavy atom. The number of rotatable bonds is 3. The maximum atomic E-state index is 11.1. The summed E-state index contributed by atoms with van der Waals surface area (Å²) in [5.41, 5.74) is 3.95. The lowest BCUT2D eigenvalue weighted by Crippen LogP contribution is -2.24. The summed E-state index contributed by atoms with van der Waals surface area (Å²) in [6.07, 6.45) is 4.10. The molecule has 3 rings (SSSR count). The van der Waals surface area contributed by atoms with Gasteiger partial charge in [0.1, 0.15) is 0 Å². The Balaban J connectivity index is 2.07. The van der Waals surface area contributed by atoms with E-state index in [1.807, 2.05) is 23.7 Å². The first-order valence-electron chi connectivity index (χ1n) is 6.97. The van der Waals surface area contributed by atoms with Gasteiger partial charge in [-0.2, -0.15) is 5.10 Å². The van der Waals surface area contributed by atoms with Crippen LogP contribution in [0.3, 0.4) is 0 Å². The minimum Gasteiger partial charge on any atom is -0.352 e. The summed E-state index contributed by atoms with van der Waals surface area (Å²) in [5.74, 6) is -0.0351. The fourth-order valence-corrected chi connectivity index (χ4v) is 2.75. The molecule has 3 heterocycles. The number of carbonyl (C=O) groups excluding carboxylic acids is 1. The number of hydrogen-bond donors (Lipinski definition) is 2. The first-order chi connectivity index (χ1) is 9.65. The SMILES string of the molecule is CC(=O)NCc1cnc2cc(C)nn2c1[C@@H]1CCCN1. The summed E-state index contributed by atoms with van der Waals surface area (Å²) < 4.78 is 1.91. The van der Waals surface area contributed by atoms with E-state index in [-0.39, 0.29) is 11.9 Å². The molecule has 1 amide bonds. The molecule has 1 saturated heterocycles. The molecule has 6 heteroatoms. The number of hydrogen-bond acceptors (Lipinski definition) is 4. The Morgan fingerprint density at radius 1 is 1.60 bits per heavy atom. The zero-order chi connectivity index (χ0) is 14.1. The Labute approximate surface area is 117 Å². The molecule has 106 valence electrons. The van der Waals surface area contributed by atoms with Crippen molar-refractivity contribution < 1.29 is 4.79 Å². The zero-order valence-electron chi connectivity index (χ0n) is 11.8. The van der Waals surface area contributed by atoms with Crippen LogP contribution in [0, 0.1) is 6.92 Å². The third-order valence-electron chi connectivity index (χ3n) is 3.64. The van der Waals surface area contributed by atoms with E-state index in [0.717, 1.165) is 42.0 Å². The van der Waals surface area contributed by atoms with Crippen molar-refractivity contribution in [3.63, 3.8) is 0 Å². The van der Waals surface area contributed by atoms with Crippen LogP contribution in [-0.4, -0.2) is 27.0 Å². The molecular weight excluding hydrogens is 254 g/mol. The fourth-order valence-electron chi connectivity index (χ4n) is 2.75. The van der Waals surface area contributed by atoms with E-state index in [2.05, 4.69) is 20.7 Å². The van der Waals surface area contributed by atoms with E-state index in [1.165, 1.54) is 6.92 Å². The highest BCUT2D eigenvalue weighted by atomic mass is 16.1. The average molecular weight is 273 g/mol. The summed E-state index contributed by atoms with van der Waals surface area (Å²) in [7, 11) is 0. The number of carbonyl (C=O) groups is 1. The highest BCUT2D eigenvalue weighted by molar-refractivity contribution is 5.72. The molecule has 0 saturated carbocycles. The molecule has 1 aliphatic heterocycles. The maximum absolute atomic E-state index is 11.1. The van der Waals surface area contributed by atoms with E-state index in [1.54, 1.807) is 0 Å². The van der Waals surface area contributed by atoms with Crippen LogP contribution in [0.5, 0.6) is 0 Å². The molecular formula is C14H19N5O. The van der Waals surface area contributed by atoms with Crippen LogP contribution in [0.25, 0.3) is 5.65 Å². The van der Waals surface area contributed by atoms with Crippen LogP contribution in [-0.2, 0) is 11.3 Å².